The van der Waals surface area contributed by atoms with Gasteiger partial charge in [0, 0.05) is 12.1 Å². The maximum Gasteiger partial charge on any atom is 0.262 e. The van der Waals surface area contributed by atoms with E-state index < -0.39 is 6.10 Å². The van der Waals surface area contributed by atoms with Crippen LogP contribution in [0.2, 0.25) is 5.02 Å². The van der Waals surface area contributed by atoms with E-state index in [0.717, 1.165) is 5.56 Å². The molecule has 0 aromatic heterocycles. The highest BCUT2D eigenvalue weighted by atomic mass is 35.5. The Morgan fingerprint density at radius 1 is 1.23 bits per heavy atom. The first-order valence-corrected chi connectivity index (χ1v) is 8.48. The minimum Gasteiger partial charge on any atom is -0.484 e. The summed E-state index contributed by atoms with van der Waals surface area (Å²) in [7, 11) is 0. The summed E-state index contributed by atoms with van der Waals surface area (Å²) in [4.78, 5) is 24.0. The van der Waals surface area contributed by atoms with Crippen molar-refractivity contribution in [1.82, 2.24) is 5.32 Å². The third-order valence-corrected chi connectivity index (χ3v) is 3.74. The summed E-state index contributed by atoms with van der Waals surface area (Å²) in [6, 6.07) is 11.8. The minimum absolute atomic E-state index is 0.156. The molecule has 0 heterocycles. The van der Waals surface area contributed by atoms with E-state index in [1.54, 1.807) is 37.3 Å². The van der Waals surface area contributed by atoms with E-state index in [0.29, 0.717) is 22.0 Å². The predicted molar refractivity (Wildman–Crippen MR) is 101 cm³/mol. The molecule has 0 saturated heterocycles. The zero-order chi connectivity index (χ0) is 19.1. The summed E-state index contributed by atoms with van der Waals surface area (Å²) in [5.74, 6) is -0.299. The Morgan fingerprint density at radius 2 is 2.00 bits per heavy atom. The van der Waals surface area contributed by atoms with Gasteiger partial charge in [-0.25, -0.2) is 0 Å². The van der Waals surface area contributed by atoms with Gasteiger partial charge in [-0.05, 0) is 49.7 Å². The summed E-state index contributed by atoms with van der Waals surface area (Å²) >= 11 is 6.08. The van der Waals surface area contributed by atoms with Gasteiger partial charge in [-0.15, -0.1) is 0 Å². The van der Waals surface area contributed by atoms with Gasteiger partial charge in [0.1, 0.15) is 5.75 Å². The number of nitrogens with one attached hydrogen (secondary N) is 2. The van der Waals surface area contributed by atoms with Gasteiger partial charge >= 0.3 is 0 Å². The van der Waals surface area contributed by atoms with Crippen LogP contribution in [0.4, 0.5) is 5.69 Å². The van der Waals surface area contributed by atoms with Crippen molar-refractivity contribution in [2.75, 3.05) is 18.5 Å². The first kappa shape index (κ1) is 19.8. The van der Waals surface area contributed by atoms with Crippen LogP contribution < -0.4 is 15.4 Å². The topological polar surface area (TPSA) is 87.7 Å². The molecule has 0 aliphatic heterocycles. The third kappa shape index (κ3) is 6.06. The third-order valence-electron chi connectivity index (χ3n) is 3.42. The van der Waals surface area contributed by atoms with Crippen LogP contribution in [0.15, 0.2) is 42.5 Å². The molecule has 0 saturated carbocycles. The van der Waals surface area contributed by atoms with Gasteiger partial charge in [0.2, 0.25) is 0 Å². The number of carbonyl (C=O) groups excluding carboxylic acids is 2. The van der Waals surface area contributed by atoms with Gasteiger partial charge in [-0.2, -0.15) is 0 Å². The van der Waals surface area contributed by atoms with Crippen molar-refractivity contribution in [3.63, 3.8) is 0 Å². The number of ether oxygens (including phenoxy) is 1. The molecule has 0 aliphatic carbocycles. The lowest BCUT2D eigenvalue weighted by Gasteiger charge is -2.11. The average Bonchev–Trinajstić information content (AvgIpc) is 2.60. The molecule has 2 aromatic carbocycles. The van der Waals surface area contributed by atoms with Crippen LogP contribution in [0.3, 0.4) is 0 Å². The monoisotopic (exact) mass is 376 g/mol. The lowest BCUT2D eigenvalue weighted by atomic mass is 10.2. The molecular formula is C19H21ClN2O4. The quantitative estimate of drug-likeness (QED) is 0.693. The van der Waals surface area contributed by atoms with Gasteiger partial charge < -0.3 is 20.5 Å². The van der Waals surface area contributed by atoms with Crippen LogP contribution in [-0.4, -0.2) is 36.2 Å². The van der Waals surface area contributed by atoms with Crippen molar-refractivity contribution in [1.29, 1.82) is 0 Å². The van der Waals surface area contributed by atoms with E-state index >= 15 is 0 Å². The van der Waals surface area contributed by atoms with Gasteiger partial charge in [0.15, 0.2) is 6.61 Å². The molecule has 0 spiro atoms. The summed E-state index contributed by atoms with van der Waals surface area (Å²) in [5, 5.41) is 14.9. The number of hydrogen-bond acceptors (Lipinski definition) is 4. The second-order valence-electron chi connectivity index (χ2n) is 5.91. The van der Waals surface area contributed by atoms with Crippen LogP contribution in [-0.2, 0) is 4.79 Å². The van der Waals surface area contributed by atoms with Crippen LogP contribution in [0, 0.1) is 6.92 Å². The second-order valence-corrected chi connectivity index (χ2v) is 6.31. The van der Waals surface area contributed by atoms with E-state index in [4.69, 9.17) is 16.3 Å². The molecule has 1 unspecified atom stereocenters. The number of benzene rings is 2. The Bertz CT molecular complexity index is 793. The molecule has 0 radical (unpaired) electrons. The summed E-state index contributed by atoms with van der Waals surface area (Å²) in [6.45, 7) is 3.43. The number of aliphatic hydroxyl groups excluding tert-OH is 1. The fourth-order valence-corrected chi connectivity index (χ4v) is 2.41. The van der Waals surface area contributed by atoms with E-state index in [1.807, 2.05) is 13.0 Å². The first-order valence-electron chi connectivity index (χ1n) is 8.10. The highest BCUT2D eigenvalue weighted by Gasteiger charge is 2.10. The SMILES string of the molecule is Cc1ccc(NC(=O)COc2cccc(C(=O)NCC(C)O)c2)c(Cl)c1. The molecule has 6 nitrogen and oxygen atoms in total. The van der Waals surface area contributed by atoms with E-state index in [1.165, 1.54) is 6.07 Å². The molecular weight excluding hydrogens is 356 g/mol. The van der Waals surface area contributed by atoms with Crippen LogP contribution in [0.1, 0.15) is 22.8 Å². The normalized spacial score (nSPS) is 11.5. The van der Waals surface area contributed by atoms with Crippen molar-refractivity contribution in [2.45, 2.75) is 20.0 Å². The average molecular weight is 377 g/mol. The number of carbonyl (C=O) groups is 2. The molecule has 138 valence electrons. The van der Waals surface area contributed by atoms with Crippen molar-refractivity contribution in [3.8, 4) is 5.75 Å². The van der Waals surface area contributed by atoms with Crippen LogP contribution >= 0.6 is 11.6 Å². The zero-order valence-electron chi connectivity index (χ0n) is 14.6. The Kier molecular flexibility index (Phi) is 7.00. The number of aryl methyl sites for hydroxylation is 1. The van der Waals surface area contributed by atoms with Gasteiger partial charge in [0.25, 0.3) is 11.8 Å². The first-order chi connectivity index (χ1) is 12.3. The lowest BCUT2D eigenvalue weighted by molar-refractivity contribution is -0.118. The number of rotatable bonds is 7. The van der Waals surface area contributed by atoms with Crippen molar-refractivity contribution < 1.29 is 19.4 Å². The number of hydrogen-bond donors (Lipinski definition) is 3. The maximum atomic E-state index is 12.0. The van der Waals surface area contributed by atoms with E-state index in [-0.39, 0.29) is 25.0 Å². The molecule has 3 N–H and O–H groups in total. The van der Waals surface area contributed by atoms with Crippen molar-refractivity contribution in [3.05, 3.63) is 58.6 Å². The largest absolute Gasteiger partial charge is 0.484 e. The van der Waals surface area contributed by atoms with Gasteiger partial charge in [-0.3, -0.25) is 9.59 Å². The molecule has 26 heavy (non-hydrogen) atoms. The predicted octanol–water partition coefficient (Wildman–Crippen LogP) is 2.78. The maximum absolute atomic E-state index is 12.0. The molecule has 7 heteroatoms. The Balaban J connectivity index is 1.91. The molecule has 2 amide bonds. The molecule has 0 fully saturated rings. The molecule has 2 aromatic rings. The minimum atomic E-state index is -0.629. The second kappa shape index (κ2) is 9.22. The molecule has 0 bridgehead atoms. The number of amides is 2. The summed E-state index contributed by atoms with van der Waals surface area (Å²) < 4.78 is 5.44. The highest BCUT2D eigenvalue weighted by Crippen LogP contribution is 2.22. The van der Waals surface area contributed by atoms with Crippen molar-refractivity contribution >= 4 is 29.1 Å². The zero-order valence-corrected chi connectivity index (χ0v) is 15.3. The van der Waals surface area contributed by atoms with E-state index in [2.05, 4.69) is 10.6 Å². The van der Waals surface area contributed by atoms with Crippen molar-refractivity contribution in [2.24, 2.45) is 0 Å². The highest BCUT2D eigenvalue weighted by molar-refractivity contribution is 6.33. The number of aliphatic hydroxyl groups is 1. The molecule has 0 aliphatic rings. The Morgan fingerprint density at radius 3 is 2.69 bits per heavy atom. The fraction of sp³-hybridized carbons (Fsp3) is 0.263. The Hall–Kier alpha value is -2.57. The smallest absolute Gasteiger partial charge is 0.262 e. The standard InChI is InChI=1S/C19H21ClN2O4/c1-12-6-7-17(16(20)8-12)22-18(24)11-26-15-5-3-4-14(9-15)19(25)21-10-13(2)23/h3-9,13,23H,10-11H2,1-2H3,(H,21,25)(H,22,24). The van der Waals surface area contributed by atoms with Crippen LogP contribution in [0.5, 0.6) is 5.75 Å². The fourth-order valence-electron chi connectivity index (χ4n) is 2.13. The van der Waals surface area contributed by atoms with Gasteiger partial charge in [0.05, 0.1) is 16.8 Å². The summed E-state index contributed by atoms with van der Waals surface area (Å²) in [5.41, 5.74) is 1.89. The lowest BCUT2D eigenvalue weighted by Crippen LogP contribution is -2.30. The molecule has 1 atom stereocenters. The van der Waals surface area contributed by atoms with E-state index in [9.17, 15) is 14.7 Å². The van der Waals surface area contributed by atoms with Crippen LogP contribution in [0.25, 0.3) is 0 Å². The Labute approximate surface area is 157 Å². The molecule has 2 rings (SSSR count). The summed E-state index contributed by atoms with van der Waals surface area (Å²) in [6.07, 6.45) is -0.629. The number of halogens is 1. The number of anilines is 1. The van der Waals surface area contributed by atoms with Gasteiger partial charge in [-0.1, -0.05) is 23.7 Å².